The Morgan fingerprint density at radius 1 is 1.11 bits per heavy atom. The standard InChI is InChI=1S/C15H23NO2/c1-17-8-4-9-18-10-7-15(16)11-13-5-2-3-6-14(13)12-15/h2-3,5-6H,4,7-12,16H2,1H3. The highest BCUT2D eigenvalue weighted by Gasteiger charge is 2.32. The molecule has 1 aromatic rings. The van der Waals surface area contributed by atoms with E-state index in [-0.39, 0.29) is 5.54 Å². The Hall–Kier alpha value is -0.900. The Balaban J connectivity index is 1.71. The van der Waals surface area contributed by atoms with E-state index in [4.69, 9.17) is 15.2 Å². The molecule has 3 heteroatoms. The molecular weight excluding hydrogens is 226 g/mol. The van der Waals surface area contributed by atoms with Crippen molar-refractivity contribution in [2.24, 2.45) is 5.73 Å². The summed E-state index contributed by atoms with van der Waals surface area (Å²) in [4.78, 5) is 0. The summed E-state index contributed by atoms with van der Waals surface area (Å²) in [5, 5.41) is 0. The van der Waals surface area contributed by atoms with Gasteiger partial charge >= 0.3 is 0 Å². The molecule has 100 valence electrons. The molecule has 0 radical (unpaired) electrons. The molecule has 1 aliphatic carbocycles. The first-order valence-corrected chi connectivity index (χ1v) is 6.66. The fourth-order valence-electron chi connectivity index (χ4n) is 2.58. The summed E-state index contributed by atoms with van der Waals surface area (Å²) in [7, 11) is 1.71. The van der Waals surface area contributed by atoms with Gasteiger partial charge in [0.2, 0.25) is 0 Å². The van der Waals surface area contributed by atoms with Crippen LogP contribution in [0.15, 0.2) is 24.3 Å². The minimum Gasteiger partial charge on any atom is -0.385 e. The van der Waals surface area contributed by atoms with E-state index >= 15 is 0 Å². The van der Waals surface area contributed by atoms with Crippen molar-refractivity contribution >= 4 is 0 Å². The van der Waals surface area contributed by atoms with Crippen LogP contribution in [0.5, 0.6) is 0 Å². The first kappa shape index (κ1) is 13.5. The maximum absolute atomic E-state index is 6.45. The van der Waals surface area contributed by atoms with Gasteiger partial charge in [0.25, 0.3) is 0 Å². The summed E-state index contributed by atoms with van der Waals surface area (Å²) < 4.78 is 10.6. The van der Waals surface area contributed by atoms with Crippen LogP contribution in [0.1, 0.15) is 24.0 Å². The molecule has 0 aromatic heterocycles. The Bertz CT molecular complexity index is 354. The summed E-state index contributed by atoms with van der Waals surface area (Å²) in [5.74, 6) is 0. The largest absolute Gasteiger partial charge is 0.385 e. The maximum Gasteiger partial charge on any atom is 0.0487 e. The van der Waals surface area contributed by atoms with E-state index in [9.17, 15) is 0 Å². The lowest BCUT2D eigenvalue weighted by Crippen LogP contribution is -2.41. The van der Waals surface area contributed by atoms with Gasteiger partial charge in [-0.05, 0) is 36.8 Å². The van der Waals surface area contributed by atoms with E-state index in [0.717, 1.165) is 45.5 Å². The number of fused-ring (bicyclic) bond motifs is 1. The molecule has 0 amide bonds. The maximum atomic E-state index is 6.45. The van der Waals surface area contributed by atoms with E-state index in [2.05, 4.69) is 24.3 Å². The van der Waals surface area contributed by atoms with E-state index in [1.807, 2.05) is 0 Å². The van der Waals surface area contributed by atoms with Crippen LogP contribution in [0, 0.1) is 0 Å². The number of rotatable bonds is 7. The van der Waals surface area contributed by atoms with Crippen LogP contribution >= 0.6 is 0 Å². The third-order valence-corrected chi connectivity index (χ3v) is 3.58. The highest BCUT2D eigenvalue weighted by molar-refractivity contribution is 5.35. The topological polar surface area (TPSA) is 44.5 Å². The van der Waals surface area contributed by atoms with Crippen molar-refractivity contribution in [2.75, 3.05) is 26.9 Å². The van der Waals surface area contributed by atoms with Gasteiger partial charge in [-0.25, -0.2) is 0 Å². The summed E-state index contributed by atoms with van der Waals surface area (Å²) >= 11 is 0. The van der Waals surface area contributed by atoms with Gasteiger partial charge in [0.05, 0.1) is 0 Å². The van der Waals surface area contributed by atoms with E-state index in [1.54, 1.807) is 7.11 Å². The SMILES string of the molecule is COCCCOCCC1(N)Cc2ccccc2C1. The second-order valence-corrected chi connectivity index (χ2v) is 5.19. The molecule has 1 aliphatic rings. The van der Waals surface area contributed by atoms with Crippen molar-refractivity contribution in [1.82, 2.24) is 0 Å². The summed E-state index contributed by atoms with van der Waals surface area (Å²) in [6.07, 6.45) is 3.83. The number of nitrogens with two attached hydrogens (primary N) is 1. The molecule has 0 unspecified atom stereocenters. The third-order valence-electron chi connectivity index (χ3n) is 3.58. The van der Waals surface area contributed by atoms with Gasteiger partial charge in [0.1, 0.15) is 0 Å². The van der Waals surface area contributed by atoms with Crippen molar-refractivity contribution in [2.45, 2.75) is 31.2 Å². The predicted molar refractivity (Wildman–Crippen MR) is 72.7 cm³/mol. The monoisotopic (exact) mass is 249 g/mol. The Kier molecular flexibility index (Phi) is 4.75. The van der Waals surface area contributed by atoms with Crippen LogP contribution in [0.4, 0.5) is 0 Å². The van der Waals surface area contributed by atoms with Crippen LogP contribution in [0.3, 0.4) is 0 Å². The zero-order chi connectivity index (χ0) is 12.8. The van der Waals surface area contributed by atoms with Crippen molar-refractivity contribution in [3.63, 3.8) is 0 Å². The first-order valence-electron chi connectivity index (χ1n) is 6.66. The fraction of sp³-hybridized carbons (Fsp3) is 0.600. The van der Waals surface area contributed by atoms with Crippen molar-refractivity contribution in [3.8, 4) is 0 Å². The lowest BCUT2D eigenvalue weighted by atomic mass is 9.93. The predicted octanol–water partition coefficient (Wildman–Crippen LogP) is 1.93. The van der Waals surface area contributed by atoms with Crippen LogP contribution < -0.4 is 5.73 Å². The summed E-state index contributed by atoms with van der Waals surface area (Å²) in [6, 6.07) is 8.55. The summed E-state index contributed by atoms with van der Waals surface area (Å²) in [5.41, 5.74) is 9.14. The zero-order valence-electron chi connectivity index (χ0n) is 11.2. The van der Waals surface area contributed by atoms with E-state index < -0.39 is 0 Å². The van der Waals surface area contributed by atoms with Crippen molar-refractivity contribution < 1.29 is 9.47 Å². The molecule has 0 fully saturated rings. The van der Waals surface area contributed by atoms with E-state index in [1.165, 1.54) is 11.1 Å². The second-order valence-electron chi connectivity index (χ2n) is 5.19. The normalized spacial score (nSPS) is 16.8. The number of ether oxygens (including phenoxy) is 2. The fourth-order valence-corrected chi connectivity index (χ4v) is 2.58. The lowest BCUT2D eigenvalue weighted by Gasteiger charge is -2.23. The summed E-state index contributed by atoms with van der Waals surface area (Å²) in [6.45, 7) is 2.27. The second kappa shape index (κ2) is 6.32. The smallest absolute Gasteiger partial charge is 0.0487 e. The first-order chi connectivity index (χ1) is 8.73. The third kappa shape index (κ3) is 3.55. The van der Waals surface area contributed by atoms with Gasteiger partial charge in [0, 0.05) is 32.5 Å². The molecule has 1 aromatic carbocycles. The Morgan fingerprint density at radius 2 is 1.78 bits per heavy atom. The molecule has 0 saturated carbocycles. The van der Waals surface area contributed by atoms with E-state index in [0.29, 0.717) is 0 Å². The Labute approximate surface area is 109 Å². The molecule has 2 N–H and O–H groups in total. The molecule has 0 aliphatic heterocycles. The van der Waals surface area contributed by atoms with Gasteiger partial charge in [-0.2, -0.15) is 0 Å². The molecule has 3 nitrogen and oxygen atoms in total. The lowest BCUT2D eigenvalue weighted by molar-refractivity contribution is 0.0909. The number of benzene rings is 1. The van der Waals surface area contributed by atoms with Gasteiger partial charge < -0.3 is 15.2 Å². The van der Waals surface area contributed by atoms with Crippen LogP contribution in [-0.2, 0) is 22.3 Å². The number of hydrogen-bond donors (Lipinski definition) is 1. The van der Waals surface area contributed by atoms with Crippen LogP contribution in [-0.4, -0.2) is 32.5 Å². The number of hydrogen-bond acceptors (Lipinski definition) is 3. The molecule has 0 bridgehead atoms. The minimum absolute atomic E-state index is 0.106. The molecule has 2 rings (SSSR count). The molecule has 18 heavy (non-hydrogen) atoms. The number of methoxy groups -OCH3 is 1. The van der Waals surface area contributed by atoms with Crippen LogP contribution in [0.25, 0.3) is 0 Å². The quantitative estimate of drug-likeness (QED) is 0.751. The highest BCUT2D eigenvalue weighted by Crippen LogP contribution is 2.30. The molecular formula is C15H23NO2. The average molecular weight is 249 g/mol. The molecule has 0 atom stereocenters. The Morgan fingerprint density at radius 3 is 2.39 bits per heavy atom. The minimum atomic E-state index is -0.106. The van der Waals surface area contributed by atoms with Gasteiger partial charge in [-0.3, -0.25) is 0 Å². The van der Waals surface area contributed by atoms with Crippen molar-refractivity contribution in [3.05, 3.63) is 35.4 Å². The van der Waals surface area contributed by atoms with Gasteiger partial charge in [-0.1, -0.05) is 24.3 Å². The van der Waals surface area contributed by atoms with Crippen LogP contribution in [0.2, 0.25) is 0 Å². The van der Waals surface area contributed by atoms with Crippen molar-refractivity contribution in [1.29, 1.82) is 0 Å². The zero-order valence-corrected chi connectivity index (χ0v) is 11.2. The highest BCUT2D eigenvalue weighted by atomic mass is 16.5. The molecule has 0 spiro atoms. The molecule has 0 saturated heterocycles. The van der Waals surface area contributed by atoms with Gasteiger partial charge in [0.15, 0.2) is 0 Å². The van der Waals surface area contributed by atoms with Gasteiger partial charge in [-0.15, -0.1) is 0 Å². The molecule has 0 heterocycles. The average Bonchev–Trinajstić information content (AvgIpc) is 2.70.